The molecule has 6 atom stereocenters. The standard InChI is InChI=1S/C20H29FO2/c1-19-8-6-14(22)12-13(19)2-3-15-16(19)7-9-20(10-11-21)17(15)4-5-18(20)23/h12,15-18,23H,2-11H2,1H3/t15-,16+,17+,18+,19+,20-/m1/s1. The van der Waals surface area contributed by atoms with Gasteiger partial charge in [0.2, 0.25) is 0 Å². The molecule has 0 bridgehead atoms. The number of hydrogen-bond acceptors (Lipinski definition) is 2. The number of allylic oxidation sites excluding steroid dienone is 1. The molecule has 3 heteroatoms. The van der Waals surface area contributed by atoms with Gasteiger partial charge in [0.25, 0.3) is 0 Å². The first-order chi connectivity index (χ1) is 11.0. The molecule has 23 heavy (non-hydrogen) atoms. The molecule has 4 aliphatic rings. The highest BCUT2D eigenvalue weighted by Crippen LogP contribution is 2.66. The van der Waals surface area contributed by atoms with Crippen molar-refractivity contribution in [1.82, 2.24) is 0 Å². The molecule has 0 aromatic heterocycles. The van der Waals surface area contributed by atoms with Crippen LogP contribution in [0.15, 0.2) is 11.6 Å². The molecule has 4 aliphatic carbocycles. The lowest BCUT2D eigenvalue weighted by Gasteiger charge is -2.58. The van der Waals surface area contributed by atoms with Crippen molar-refractivity contribution in [2.45, 2.75) is 70.8 Å². The molecule has 4 rings (SSSR count). The molecule has 0 saturated heterocycles. The van der Waals surface area contributed by atoms with Gasteiger partial charge in [-0.3, -0.25) is 9.18 Å². The van der Waals surface area contributed by atoms with Crippen molar-refractivity contribution in [3.8, 4) is 0 Å². The van der Waals surface area contributed by atoms with E-state index in [1.165, 1.54) is 5.57 Å². The Kier molecular flexibility index (Phi) is 3.71. The second-order valence-corrected chi connectivity index (χ2v) is 8.77. The summed E-state index contributed by atoms with van der Waals surface area (Å²) in [6.45, 7) is 2.07. The van der Waals surface area contributed by atoms with Crippen LogP contribution in [0.1, 0.15) is 64.7 Å². The second kappa shape index (κ2) is 5.40. The van der Waals surface area contributed by atoms with Crippen molar-refractivity contribution >= 4 is 5.78 Å². The third-order valence-electron chi connectivity index (χ3n) is 8.19. The lowest BCUT2D eigenvalue weighted by molar-refractivity contribution is -0.118. The normalized spacial score (nSPS) is 49.2. The molecule has 0 amide bonds. The van der Waals surface area contributed by atoms with Gasteiger partial charge in [-0.05, 0) is 80.6 Å². The summed E-state index contributed by atoms with van der Waals surface area (Å²) in [6.07, 6.45) is 10.0. The number of fused-ring (bicyclic) bond motifs is 5. The average Bonchev–Trinajstić information content (AvgIpc) is 2.86. The Morgan fingerprint density at radius 1 is 1.17 bits per heavy atom. The molecule has 0 spiro atoms. The van der Waals surface area contributed by atoms with E-state index in [2.05, 4.69) is 6.92 Å². The van der Waals surface area contributed by atoms with Gasteiger partial charge in [-0.1, -0.05) is 12.5 Å². The van der Waals surface area contributed by atoms with Gasteiger partial charge in [0, 0.05) is 11.8 Å². The maximum atomic E-state index is 13.2. The zero-order valence-corrected chi connectivity index (χ0v) is 14.2. The summed E-state index contributed by atoms with van der Waals surface area (Å²) in [5.41, 5.74) is 1.40. The molecule has 0 unspecified atom stereocenters. The van der Waals surface area contributed by atoms with Crippen LogP contribution in [-0.4, -0.2) is 23.7 Å². The van der Waals surface area contributed by atoms with Crippen LogP contribution in [0.2, 0.25) is 0 Å². The van der Waals surface area contributed by atoms with Crippen LogP contribution in [0.3, 0.4) is 0 Å². The highest BCUT2D eigenvalue weighted by molar-refractivity contribution is 5.91. The van der Waals surface area contributed by atoms with Crippen LogP contribution >= 0.6 is 0 Å². The highest BCUT2D eigenvalue weighted by atomic mass is 19.1. The molecular weight excluding hydrogens is 291 g/mol. The summed E-state index contributed by atoms with van der Waals surface area (Å²) in [6, 6.07) is 0. The van der Waals surface area contributed by atoms with Gasteiger partial charge in [-0.25, -0.2) is 0 Å². The molecule has 0 aromatic carbocycles. The van der Waals surface area contributed by atoms with E-state index in [1.54, 1.807) is 0 Å². The van der Waals surface area contributed by atoms with Gasteiger partial charge >= 0.3 is 0 Å². The quantitative estimate of drug-likeness (QED) is 0.827. The smallest absolute Gasteiger partial charge is 0.155 e. The molecule has 128 valence electrons. The van der Waals surface area contributed by atoms with Crippen molar-refractivity contribution in [2.75, 3.05) is 6.67 Å². The second-order valence-electron chi connectivity index (χ2n) is 8.77. The van der Waals surface area contributed by atoms with Gasteiger partial charge in [-0.15, -0.1) is 0 Å². The topological polar surface area (TPSA) is 37.3 Å². The number of carbonyl (C=O) groups excluding carboxylic acids is 1. The fourth-order valence-electron chi connectivity index (χ4n) is 7.00. The molecule has 0 radical (unpaired) electrons. The minimum atomic E-state index is -0.304. The van der Waals surface area contributed by atoms with Gasteiger partial charge in [0.1, 0.15) is 0 Å². The van der Waals surface area contributed by atoms with E-state index in [-0.39, 0.29) is 23.6 Å². The third kappa shape index (κ3) is 2.11. The van der Waals surface area contributed by atoms with Crippen molar-refractivity contribution in [2.24, 2.45) is 28.6 Å². The first kappa shape index (κ1) is 15.8. The Balaban J connectivity index is 1.67. The Hall–Kier alpha value is -0.700. The number of aliphatic hydroxyl groups excluding tert-OH is 1. The lowest BCUT2D eigenvalue weighted by Crippen LogP contribution is -2.52. The molecule has 2 nitrogen and oxygen atoms in total. The van der Waals surface area contributed by atoms with Gasteiger partial charge in [-0.2, -0.15) is 0 Å². The summed E-state index contributed by atoms with van der Waals surface area (Å²) in [7, 11) is 0. The van der Waals surface area contributed by atoms with E-state index in [0.29, 0.717) is 36.4 Å². The highest BCUT2D eigenvalue weighted by Gasteiger charge is 2.60. The predicted octanol–water partition coefficient (Wildman–Crippen LogP) is 4.22. The van der Waals surface area contributed by atoms with Crippen molar-refractivity contribution < 1.29 is 14.3 Å². The van der Waals surface area contributed by atoms with Crippen molar-refractivity contribution in [3.63, 3.8) is 0 Å². The molecule has 0 heterocycles. The van der Waals surface area contributed by atoms with E-state index in [1.807, 2.05) is 6.08 Å². The van der Waals surface area contributed by atoms with E-state index in [0.717, 1.165) is 44.9 Å². The minimum absolute atomic E-state index is 0.155. The Morgan fingerprint density at radius 3 is 2.78 bits per heavy atom. The number of halogens is 1. The van der Waals surface area contributed by atoms with Gasteiger partial charge in [0.05, 0.1) is 12.8 Å². The minimum Gasteiger partial charge on any atom is -0.393 e. The monoisotopic (exact) mass is 320 g/mol. The maximum absolute atomic E-state index is 13.2. The Bertz CT molecular complexity index is 542. The number of rotatable bonds is 2. The first-order valence-corrected chi connectivity index (χ1v) is 9.49. The van der Waals surface area contributed by atoms with Gasteiger partial charge in [0.15, 0.2) is 5.78 Å². The van der Waals surface area contributed by atoms with Crippen molar-refractivity contribution in [3.05, 3.63) is 11.6 Å². The molecule has 3 saturated carbocycles. The fourth-order valence-corrected chi connectivity index (χ4v) is 7.00. The van der Waals surface area contributed by atoms with E-state index in [4.69, 9.17) is 0 Å². The molecule has 1 N–H and O–H groups in total. The summed E-state index contributed by atoms with van der Waals surface area (Å²) in [4.78, 5) is 11.8. The van der Waals surface area contributed by atoms with Crippen LogP contribution in [-0.2, 0) is 4.79 Å². The fraction of sp³-hybridized carbons (Fsp3) is 0.850. The summed E-state index contributed by atoms with van der Waals surface area (Å²) >= 11 is 0. The van der Waals surface area contributed by atoms with E-state index in [9.17, 15) is 14.3 Å². The van der Waals surface area contributed by atoms with E-state index >= 15 is 0 Å². The number of hydrogen-bond donors (Lipinski definition) is 1. The molecule has 0 aromatic rings. The number of alkyl halides is 1. The van der Waals surface area contributed by atoms with Gasteiger partial charge < -0.3 is 5.11 Å². The number of carbonyl (C=O) groups is 1. The van der Waals surface area contributed by atoms with Crippen molar-refractivity contribution in [1.29, 1.82) is 0 Å². The van der Waals surface area contributed by atoms with E-state index < -0.39 is 0 Å². The summed E-state index contributed by atoms with van der Waals surface area (Å²) < 4.78 is 13.2. The average molecular weight is 320 g/mol. The maximum Gasteiger partial charge on any atom is 0.155 e. The lowest BCUT2D eigenvalue weighted by atomic mass is 9.46. The largest absolute Gasteiger partial charge is 0.393 e. The predicted molar refractivity (Wildman–Crippen MR) is 87.6 cm³/mol. The van der Waals surface area contributed by atoms with Crippen LogP contribution < -0.4 is 0 Å². The van der Waals surface area contributed by atoms with Crippen LogP contribution in [0.4, 0.5) is 4.39 Å². The molecular formula is C20H29FO2. The zero-order valence-electron chi connectivity index (χ0n) is 14.2. The molecule has 0 aliphatic heterocycles. The Morgan fingerprint density at radius 2 is 2.00 bits per heavy atom. The number of aliphatic hydroxyl groups is 1. The SMILES string of the molecule is C[C@]12CCC(=O)C=C1CC[C@H]1[C@@H]3CC[C@H](O)[C@@]3(CCF)CC[C@@H]12. The summed E-state index contributed by atoms with van der Waals surface area (Å²) in [5, 5.41) is 10.6. The summed E-state index contributed by atoms with van der Waals surface area (Å²) in [5.74, 6) is 2.03. The van der Waals surface area contributed by atoms with Crippen LogP contribution in [0, 0.1) is 28.6 Å². The zero-order chi connectivity index (χ0) is 16.2. The molecule has 3 fully saturated rings. The van der Waals surface area contributed by atoms with Crippen LogP contribution in [0.25, 0.3) is 0 Å². The Labute approximate surface area is 138 Å². The third-order valence-corrected chi connectivity index (χ3v) is 8.19. The first-order valence-electron chi connectivity index (χ1n) is 9.49. The number of ketones is 1. The van der Waals surface area contributed by atoms with Crippen LogP contribution in [0.5, 0.6) is 0 Å².